The molecule has 0 spiro atoms. The standard InChI is InChI=1S/C2H6O8S2/c3-1(11(5,6)7)2(4)12(8,9)10/h1-4H,(H,5,6,7)(H,8,9,10). The molecule has 0 rings (SSSR count). The zero-order valence-electron chi connectivity index (χ0n) is 5.39. The molecule has 0 aromatic carbocycles. The van der Waals surface area contributed by atoms with E-state index in [0.29, 0.717) is 0 Å². The van der Waals surface area contributed by atoms with Crippen molar-refractivity contribution in [1.82, 2.24) is 0 Å². The van der Waals surface area contributed by atoms with Crippen LogP contribution in [0.3, 0.4) is 0 Å². The van der Waals surface area contributed by atoms with Gasteiger partial charge in [0, 0.05) is 0 Å². The Labute approximate surface area is 67.9 Å². The van der Waals surface area contributed by atoms with Gasteiger partial charge in [-0.25, -0.2) is 0 Å². The lowest BCUT2D eigenvalue weighted by Gasteiger charge is -2.10. The molecule has 2 unspecified atom stereocenters. The second-order valence-corrected chi connectivity index (χ2v) is 4.84. The van der Waals surface area contributed by atoms with Gasteiger partial charge in [-0.15, -0.1) is 0 Å². The van der Waals surface area contributed by atoms with Gasteiger partial charge in [0.2, 0.25) is 10.9 Å². The lowest BCUT2D eigenvalue weighted by molar-refractivity contribution is 0.107. The van der Waals surface area contributed by atoms with Gasteiger partial charge in [-0.05, 0) is 0 Å². The third-order valence-corrected chi connectivity index (χ3v) is 2.76. The van der Waals surface area contributed by atoms with Crippen molar-refractivity contribution < 1.29 is 36.2 Å². The molecular weight excluding hydrogens is 216 g/mol. The Morgan fingerprint density at radius 1 is 0.750 bits per heavy atom. The molecular formula is C2H6O8S2. The average Bonchev–Trinajstić information content (AvgIpc) is 1.80. The van der Waals surface area contributed by atoms with E-state index in [4.69, 9.17) is 19.3 Å². The Hall–Kier alpha value is -0.260. The number of rotatable bonds is 3. The van der Waals surface area contributed by atoms with Gasteiger partial charge in [0.1, 0.15) is 0 Å². The molecule has 0 aromatic heterocycles. The Bertz CT molecular complexity index is 299. The van der Waals surface area contributed by atoms with Gasteiger partial charge in [-0.3, -0.25) is 9.11 Å². The zero-order valence-corrected chi connectivity index (χ0v) is 7.03. The van der Waals surface area contributed by atoms with E-state index in [1.165, 1.54) is 0 Å². The smallest absolute Gasteiger partial charge is 0.295 e. The van der Waals surface area contributed by atoms with Gasteiger partial charge in [0.05, 0.1) is 0 Å². The number of hydrogen-bond donors (Lipinski definition) is 4. The van der Waals surface area contributed by atoms with Gasteiger partial charge in [0.25, 0.3) is 20.2 Å². The lowest BCUT2D eigenvalue weighted by atomic mass is 10.8. The Kier molecular flexibility index (Phi) is 3.17. The number of hydrogen-bond acceptors (Lipinski definition) is 6. The summed E-state index contributed by atoms with van der Waals surface area (Å²) in [4.78, 5) is 0. The van der Waals surface area contributed by atoms with Gasteiger partial charge in [-0.2, -0.15) is 16.8 Å². The summed E-state index contributed by atoms with van der Waals surface area (Å²) in [5.74, 6) is 0. The molecule has 2 atom stereocenters. The fourth-order valence-electron chi connectivity index (χ4n) is 0.294. The molecule has 0 aliphatic rings. The largest absolute Gasteiger partial charge is 0.372 e. The van der Waals surface area contributed by atoms with Crippen molar-refractivity contribution >= 4 is 20.2 Å². The normalized spacial score (nSPS) is 18.7. The Morgan fingerprint density at radius 3 is 1.00 bits per heavy atom. The topological polar surface area (TPSA) is 149 Å². The minimum absolute atomic E-state index is 2.98. The summed E-state index contributed by atoms with van der Waals surface area (Å²) in [6, 6.07) is 0. The van der Waals surface area contributed by atoms with Crippen LogP contribution in [0, 0.1) is 0 Å². The van der Waals surface area contributed by atoms with Gasteiger partial charge < -0.3 is 10.2 Å². The first-order chi connectivity index (χ1) is 5.07. The monoisotopic (exact) mass is 222 g/mol. The first-order valence-corrected chi connectivity index (χ1v) is 5.36. The predicted octanol–water partition coefficient (Wildman–Crippen LogP) is -2.60. The molecule has 0 fully saturated rings. The highest BCUT2D eigenvalue weighted by molar-refractivity contribution is 7.90. The van der Waals surface area contributed by atoms with Crippen LogP contribution in [0.4, 0.5) is 0 Å². The predicted molar refractivity (Wildman–Crippen MR) is 35.1 cm³/mol. The van der Waals surface area contributed by atoms with E-state index < -0.39 is 31.1 Å². The third kappa shape index (κ3) is 3.00. The lowest BCUT2D eigenvalue weighted by Crippen LogP contribution is -2.38. The molecule has 74 valence electrons. The van der Waals surface area contributed by atoms with Crippen molar-refractivity contribution in [3.63, 3.8) is 0 Å². The molecule has 0 saturated heterocycles. The van der Waals surface area contributed by atoms with Gasteiger partial charge in [-0.1, -0.05) is 0 Å². The first kappa shape index (κ1) is 11.7. The Morgan fingerprint density at radius 2 is 0.917 bits per heavy atom. The van der Waals surface area contributed by atoms with Crippen molar-refractivity contribution in [2.24, 2.45) is 0 Å². The quantitative estimate of drug-likeness (QED) is 0.379. The summed E-state index contributed by atoms with van der Waals surface area (Å²) in [5, 5.41) is 16.7. The second kappa shape index (κ2) is 3.24. The maximum absolute atomic E-state index is 9.99. The fraction of sp³-hybridized carbons (Fsp3) is 1.00. The van der Waals surface area contributed by atoms with Crippen LogP contribution >= 0.6 is 0 Å². The maximum atomic E-state index is 9.99. The van der Waals surface area contributed by atoms with E-state index in [1.807, 2.05) is 0 Å². The number of aliphatic hydroxyl groups excluding tert-OH is 2. The SMILES string of the molecule is O=S(=O)(O)C(O)C(O)S(=O)(=O)O. The summed E-state index contributed by atoms with van der Waals surface area (Å²) in [6.07, 6.45) is 0. The van der Waals surface area contributed by atoms with Crippen LogP contribution < -0.4 is 0 Å². The molecule has 0 radical (unpaired) electrons. The minimum atomic E-state index is -5.12. The van der Waals surface area contributed by atoms with E-state index in [2.05, 4.69) is 0 Å². The van der Waals surface area contributed by atoms with Crippen LogP contribution in [0.25, 0.3) is 0 Å². The molecule has 4 N–H and O–H groups in total. The summed E-state index contributed by atoms with van der Waals surface area (Å²) in [7, 11) is -10.2. The van der Waals surface area contributed by atoms with Crippen molar-refractivity contribution in [3.8, 4) is 0 Å². The molecule has 0 amide bonds. The highest BCUT2D eigenvalue weighted by Crippen LogP contribution is 2.06. The molecule has 0 aromatic rings. The zero-order chi connectivity index (χ0) is 10.2. The minimum Gasteiger partial charge on any atom is -0.372 e. The number of aliphatic hydroxyl groups is 2. The highest BCUT2D eigenvalue weighted by Gasteiger charge is 2.37. The van der Waals surface area contributed by atoms with Crippen LogP contribution in [0.5, 0.6) is 0 Å². The summed E-state index contributed by atoms with van der Waals surface area (Å²) in [6.45, 7) is 0. The van der Waals surface area contributed by atoms with E-state index in [1.54, 1.807) is 0 Å². The molecule has 0 aliphatic heterocycles. The molecule has 0 aliphatic carbocycles. The van der Waals surface area contributed by atoms with Gasteiger partial charge >= 0.3 is 0 Å². The van der Waals surface area contributed by atoms with E-state index in [-0.39, 0.29) is 0 Å². The molecule has 8 nitrogen and oxygen atoms in total. The second-order valence-electron chi connectivity index (χ2n) is 1.81. The summed E-state index contributed by atoms with van der Waals surface area (Å²) >= 11 is 0. The van der Waals surface area contributed by atoms with E-state index in [0.717, 1.165) is 0 Å². The summed E-state index contributed by atoms with van der Waals surface area (Å²) in [5.41, 5.74) is -5.96. The third-order valence-electron chi connectivity index (χ3n) is 0.854. The fourth-order valence-corrected chi connectivity index (χ4v) is 1.73. The maximum Gasteiger partial charge on any atom is 0.295 e. The van der Waals surface area contributed by atoms with E-state index >= 15 is 0 Å². The van der Waals surface area contributed by atoms with Crippen LogP contribution in [0.2, 0.25) is 0 Å². The van der Waals surface area contributed by atoms with Crippen LogP contribution in [-0.2, 0) is 20.2 Å². The van der Waals surface area contributed by atoms with Crippen molar-refractivity contribution in [1.29, 1.82) is 0 Å². The van der Waals surface area contributed by atoms with E-state index in [9.17, 15) is 16.8 Å². The van der Waals surface area contributed by atoms with Crippen LogP contribution in [0.15, 0.2) is 0 Å². The Balaban J connectivity index is 4.89. The average molecular weight is 222 g/mol. The molecule has 10 heteroatoms. The first-order valence-electron chi connectivity index (χ1n) is 2.35. The summed E-state index contributed by atoms with van der Waals surface area (Å²) < 4.78 is 56.0. The highest BCUT2D eigenvalue weighted by atomic mass is 32.2. The van der Waals surface area contributed by atoms with Crippen molar-refractivity contribution in [2.45, 2.75) is 10.9 Å². The molecule has 12 heavy (non-hydrogen) atoms. The van der Waals surface area contributed by atoms with Crippen LogP contribution in [-0.4, -0.2) is 47.0 Å². The van der Waals surface area contributed by atoms with Gasteiger partial charge in [0.15, 0.2) is 0 Å². The molecule has 0 bridgehead atoms. The van der Waals surface area contributed by atoms with Crippen molar-refractivity contribution in [2.75, 3.05) is 0 Å². The van der Waals surface area contributed by atoms with Crippen molar-refractivity contribution in [3.05, 3.63) is 0 Å². The molecule has 0 saturated carbocycles. The van der Waals surface area contributed by atoms with Crippen LogP contribution in [0.1, 0.15) is 0 Å². The molecule has 0 heterocycles.